The van der Waals surface area contributed by atoms with E-state index in [0.717, 1.165) is 31.2 Å². The second-order valence-corrected chi connectivity index (χ2v) is 5.89. The Hall–Kier alpha value is -1.38. The quantitative estimate of drug-likeness (QED) is 0.872. The van der Waals surface area contributed by atoms with Crippen molar-refractivity contribution in [3.63, 3.8) is 0 Å². The molecule has 1 aliphatic rings. The van der Waals surface area contributed by atoms with E-state index in [-0.39, 0.29) is 17.7 Å². The van der Waals surface area contributed by atoms with Crippen molar-refractivity contribution in [1.29, 1.82) is 0 Å². The first-order chi connectivity index (χ1) is 9.61. The summed E-state index contributed by atoms with van der Waals surface area (Å²) in [6.45, 7) is 2.15. The molecule has 20 heavy (non-hydrogen) atoms. The van der Waals surface area contributed by atoms with Crippen LogP contribution in [-0.2, 0) is 11.2 Å². The monoisotopic (exact) mass is 278 g/mol. The van der Waals surface area contributed by atoms with Crippen molar-refractivity contribution in [2.24, 2.45) is 17.8 Å². The molecule has 2 nitrogen and oxygen atoms in total. The summed E-state index contributed by atoms with van der Waals surface area (Å²) in [5.74, 6) is -0.545. The highest BCUT2D eigenvalue weighted by molar-refractivity contribution is 5.71. The molecule has 0 bridgehead atoms. The fourth-order valence-electron chi connectivity index (χ4n) is 3.57. The van der Waals surface area contributed by atoms with Gasteiger partial charge in [0.05, 0.1) is 5.92 Å². The Kier molecular flexibility index (Phi) is 5.16. The van der Waals surface area contributed by atoms with Gasteiger partial charge in [-0.1, -0.05) is 44.7 Å². The van der Waals surface area contributed by atoms with E-state index < -0.39 is 5.97 Å². The Labute approximate surface area is 120 Å². The Balaban J connectivity index is 2.13. The SMILES string of the molecule is CCC1CCCCC1C(Cc1ccc(F)cc1)C(=O)O. The van der Waals surface area contributed by atoms with E-state index in [4.69, 9.17) is 0 Å². The lowest BCUT2D eigenvalue weighted by Crippen LogP contribution is -2.33. The first kappa shape index (κ1) is 15.0. The van der Waals surface area contributed by atoms with Gasteiger partial charge in [-0.05, 0) is 42.4 Å². The first-order valence-corrected chi connectivity index (χ1v) is 7.59. The molecule has 0 spiro atoms. The third-order valence-corrected chi connectivity index (χ3v) is 4.70. The first-order valence-electron chi connectivity index (χ1n) is 7.59. The van der Waals surface area contributed by atoms with Crippen molar-refractivity contribution < 1.29 is 14.3 Å². The molecule has 0 aromatic heterocycles. The van der Waals surface area contributed by atoms with Crippen molar-refractivity contribution in [3.05, 3.63) is 35.6 Å². The van der Waals surface area contributed by atoms with E-state index in [1.54, 1.807) is 12.1 Å². The van der Waals surface area contributed by atoms with Crippen molar-refractivity contribution in [2.75, 3.05) is 0 Å². The van der Waals surface area contributed by atoms with E-state index in [1.165, 1.54) is 18.6 Å². The fourth-order valence-corrected chi connectivity index (χ4v) is 3.57. The van der Waals surface area contributed by atoms with E-state index in [9.17, 15) is 14.3 Å². The predicted octanol–water partition coefficient (Wildman–Crippen LogP) is 4.29. The molecule has 1 aromatic rings. The lowest BCUT2D eigenvalue weighted by Gasteiger charge is -2.35. The fraction of sp³-hybridized carbons (Fsp3) is 0.588. The van der Waals surface area contributed by atoms with Crippen LogP contribution in [0.3, 0.4) is 0 Å². The zero-order chi connectivity index (χ0) is 14.5. The van der Waals surface area contributed by atoms with Crippen LogP contribution in [0, 0.1) is 23.6 Å². The van der Waals surface area contributed by atoms with Crippen LogP contribution in [0.15, 0.2) is 24.3 Å². The van der Waals surface area contributed by atoms with Crippen LogP contribution >= 0.6 is 0 Å². The van der Waals surface area contributed by atoms with E-state index in [1.807, 2.05) is 0 Å². The molecule has 1 fully saturated rings. The largest absolute Gasteiger partial charge is 0.481 e. The maximum absolute atomic E-state index is 12.9. The number of carbonyl (C=O) groups is 1. The number of carboxylic acid groups (broad SMARTS) is 1. The van der Waals surface area contributed by atoms with Gasteiger partial charge in [0.15, 0.2) is 0 Å². The van der Waals surface area contributed by atoms with Crippen LogP contribution in [0.1, 0.15) is 44.6 Å². The number of aliphatic carboxylic acids is 1. The Bertz CT molecular complexity index is 441. The van der Waals surface area contributed by atoms with Crippen LogP contribution in [0.25, 0.3) is 0 Å². The van der Waals surface area contributed by atoms with Gasteiger partial charge < -0.3 is 5.11 Å². The molecule has 0 aliphatic heterocycles. The van der Waals surface area contributed by atoms with Crippen LogP contribution in [0.2, 0.25) is 0 Å². The second-order valence-electron chi connectivity index (χ2n) is 5.89. The zero-order valence-electron chi connectivity index (χ0n) is 12.0. The molecule has 0 radical (unpaired) electrons. The number of hydrogen-bond donors (Lipinski definition) is 1. The van der Waals surface area contributed by atoms with Gasteiger partial charge in [-0.2, -0.15) is 0 Å². The van der Waals surface area contributed by atoms with Crippen LogP contribution in [-0.4, -0.2) is 11.1 Å². The molecule has 3 heteroatoms. The average molecular weight is 278 g/mol. The number of hydrogen-bond acceptors (Lipinski definition) is 1. The van der Waals surface area contributed by atoms with Crippen molar-refractivity contribution >= 4 is 5.97 Å². The van der Waals surface area contributed by atoms with Gasteiger partial charge in [0, 0.05) is 0 Å². The minimum absolute atomic E-state index is 0.260. The van der Waals surface area contributed by atoms with Crippen LogP contribution < -0.4 is 0 Å². The van der Waals surface area contributed by atoms with Gasteiger partial charge in [-0.25, -0.2) is 4.39 Å². The van der Waals surface area contributed by atoms with Crippen molar-refractivity contribution in [1.82, 2.24) is 0 Å². The van der Waals surface area contributed by atoms with E-state index in [0.29, 0.717) is 12.3 Å². The number of rotatable bonds is 5. The predicted molar refractivity (Wildman–Crippen MR) is 77.0 cm³/mol. The molecule has 3 unspecified atom stereocenters. The topological polar surface area (TPSA) is 37.3 Å². The Morgan fingerprint density at radius 1 is 1.30 bits per heavy atom. The standard InChI is InChI=1S/C17H23FO2/c1-2-13-5-3-4-6-15(13)16(17(19)20)11-12-7-9-14(18)10-8-12/h7-10,13,15-16H,2-6,11H2,1H3,(H,19,20). The maximum Gasteiger partial charge on any atom is 0.307 e. The van der Waals surface area contributed by atoms with Gasteiger partial charge >= 0.3 is 5.97 Å². The van der Waals surface area contributed by atoms with Gasteiger partial charge in [0.2, 0.25) is 0 Å². The highest BCUT2D eigenvalue weighted by Gasteiger charge is 2.34. The molecule has 1 saturated carbocycles. The Morgan fingerprint density at radius 2 is 1.95 bits per heavy atom. The summed E-state index contributed by atoms with van der Waals surface area (Å²) in [5.41, 5.74) is 0.916. The van der Waals surface area contributed by atoms with Gasteiger partial charge in [-0.3, -0.25) is 4.79 Å². The molecule has 0 saturated heterocycles. The van der Waals surface area contributed by atoms with Gasteiger partial charge in [0.25, 0.3) is 0 Å². The average Bonchev–Trinajstić information content (AvgIpc) is 2.46. The summed E-state index contributed by atoms with van der Waals surface area (Å²) in [5, 5.41) is 9.58. The lowest BCUT2D eigenvalue weighted by atomic mass is 9.70. The van der Waals surface area contributed by atoms with E-state index >= 15 is 0 Å². The molecule has 0 heterocycles. The summed E-state index contributed by atoms with van der Waals surface area (Å²) in [4.78, 5) is 11.7. The molecular weight excluding hydrogens is 255 g/mol. The van der Waals surface area contributed by atoms with Gasteiger partial charge in [0.1, 0.15) is 5.82 Å². The number of carboxylic acids is 1. The third kappa shape index (κ3) is 3.59. The molecule has 1 aliphatic carbocycles. The zero-order valence-corrected chi connectivity index (χ0v) is 12.0. The highest BCUT2D eigenvalue weighted by atomic mass is 19.1. The number of halogens is 1. The normalized spacial score (nSPS) is 24.3. The summed E-state index contributed by atoms with van der Waals surface area (Å²) >= 11 is 0. The molecule has 2 rings (SSSR count). The second kappa shape index (κ2) is 6.87. The lowest BCUT2D eigenvalue weighted by molar-refractivity contribution is -0.145. The summed E-state index contributed by atoms with van der Waals surface area (Å²) < 4.78 is 12.9. The van der Waals surface area contributed by atoms with Crippen LogP contribution in [0.4, 0.5) is 4.39 Å². The molecule has 1 N–H and O–H groups in total. The maximum atomic E-state index is 12.9. The van der Waals surface area contributed by atoms with Gasteiger partial charge in [-0.15, -0.1) is 0 Å². The number of benzene rings is 1. The van der Waals surface area contributed by atoms with Crippen molar-refractivity contribution in [2.45, 2.75) is 45.4 Å². The molecular formula is C17H23FO2. The van der Waals surface area contributed by atoms with Crippen molar-refractivity contribution in [3.8, 4) is 0 Å². The minimum Gasteiger partial charge on any atom is -0.481 e. The minimum atomic E-state index is -0.709. The van der Waals surface area contributed by atoms with E-state index in [2.05, 4.69) is 6.92 Å². The summed E-state index contributed by atoms with van der Waals surface area (Å²) in [6.07, 6.45) is 6.08. The Morgan fingerprint density at radius 3 is 2.55 bits per heavy atom. The summed E-state index contributed by atoms with van der Waals surface area (Å²) in [7, 11) is 0. The summed E-state index contributed by atoms with van der Waals surface area (Å²) in [6, 6.07) is 6.23. The molecule has 110 valence electrons. The molecule has 0 amide bonds. The smallest absolute Gasteiger partial charge is 0.307 e. The third-order valence-electron chi connectivity index (χ3n) is 4.70. The molecule has 3 atom stereocenters. The molecule has 1 aromatic carbocycles. The highest BCUT2D eigenvalue weighted by Crippen LogP contribution is 2.38. The van der Waals surface area contributed by atoms with Crippen LogP contribution in [0.5, 0.6) is 0 Å².